The van der Waals surface area contributed by atoms with Gasteiger partial charge in [-0.25, -0.2) is 13.1 Å². The summed E-state index contributed by atoms with van der Waals surface area (Å²) in [5.74, 6) is -0.137. The number of hydrogen-bond acceptors (Lipinski definition) is 4. The SMILES string of the molecule is O=S(=O)(Cl)CCc1cn(-c2ccccc2)nn1. The first-order valence-electron chi connectivity index (χ1n) is 4.93. The molecule has 90 valence electrons. The minimum atomic E-state index is -3.48. The number of benzene rings is 1. The molecule has 0 saturated carbocycles. The van der Waals surface area contributed by atoms with Crippen molar-refractivity contribution in [2.45, 2.75) is 6.42 Å². The van der Waals surface area contributed by atoms with Crippen LogP contribution in [0.15, 0.2) is 36.5 Å². The van der Waals surface area contributed by atoms with Crippen molar-refractivity contribution in [1.29, 1.82) is 0 Å². The molecule has 7 heteroatoms. The van der Waals surface area contributed by atoms with Gasteiger partial charge in [-0.3, -0.25) is 0 Å². The molecule has 17 heavy (non-hydrogen) atoms. The van der Waals surface area contributed by atoms with Crippen LogP contribution in [0.2, 0.25) is 0 Å². The summed E-state index contributed by atoms with van der Waals surface area (Å²) in [6.45, 7) is 0. The maximum atomic E-state index is 10.8. The molecule has 0 radical (unpaired) electrons. The standard InChI is InChI=1S/C10H10ClN3O2S/c11-17(15,16)7-6-9-8-14(13-12-9)10-4-2-1-3-5-10/h1-5,8H,6-7H2. The summed E-state index contributed by atoms with van der Waals surface area (Å²) < 4.78 is 23.2. The average Bonchev–Trinajstić information content (AvgIpc) is 2.75. The fraction of sp³-hybridized carbons (Fsp3) is 0.200. The molecule has 1 aromatic heterocycles. The summed E-state index contributed by atoms with van der Waals surface area (Å²) >= 11 is 0. The van der Waals surface area contributed by atoms with Crippen LogP contribution in [0.3, 0.4) is 0 Å². The first-order valence-corrected chi connectivity index (χ1v) is 7.41. The lowest BCUT2D eigenvalue weighted by Crippen LogP contribution is -2.01. The highest BCUT2D eigenvalue weighted by Crippen LogP contribution is 2.07. The second-order valence-electron chi connectivity index (χ2n) is 3.48. The Morgan fingerprint density at radius 1 is 1.24 bits per heavy atom. The molecule has 0 aliphatic rings. The van der Waals surface area contributed by atoms with Gasteiger partial charge in [-0.05, 0) is 12.1 Å². The lowest BCUT2D eigenvalue weighted by Gasteiger charge is -1.97. The molecule has 0 spiro atoms. The number of hydrogen-bond donors (Lipinski definition) is 0. The van der Waals surface area contributed by atoms with Crippen LogP contribution < -0.4 is 0 Å². The van der Waals surface area contributed by atoms with E-state index in [1.165, 1.54) is 0 Å². The second kappa shape index (κ2) is 4.85. The van der Waals surface area contributed by atoms with E-state index in [4.69, 9.17) is 10.7 Å². The smallest absolute Gasteiger partial charge is 0.220 e. The summed E-state index contributed by atoms with van der Waals surface area (Å²) in [4.78, 5) is 0. The molecule has 5 nitrogen and oxygen atoms in total. The Hall–Kier alpha value is -1.40. The molecular weight excluding hydrogens is 262 g/mol. The predicted molar refractivity (Wildman–Crippen MR) is 64.7 cm³/mol. The second-order valence-corrected chi connectivity index (χ2v) is 6.38. The van der Waals surface area contributed by atoms with Crippen LogP contribution in [0, 0.1) is 0 Å². The molecule has 0 aliphatic carbocycles. The fourth-order valence-electron chi connectivity index (χ4n) is 1.35. The summed E-state index contributed by atoms with van der Waals surface area (Å²) in [5, 5.41) is 7.80. The predicted octanol–water partition coefficient (Wildman–Crippen LogP) is 1.38. The Balaban J connectivity index is 2.12. The topological polar surface area (TPSA) is 64.8 Å². The van der Waals surface area contributed by atoms with E-state index < -0.39 is 9.05 Å². The van der Waals surface area contributed by atoms with E-state index in [0.717, 1.165) is 5.69 Å². The van der Waals surface area contributed by atoms with Gasteiger partial charge in [0.05, 0.1) is 23.3 Å². The number of para-hydroxylation sites is 1. The Morgan fingerprint density at radius 3 is 2.59 bits per heavy atom. The van der Waals surface area contributed by atoms with Crippen molar-refractivity contribution in [3.8, 4) is 5.69 Å². The molecule has 1 aromatic carbocycles. The summed E-state index contributed by atoms with van der Waals surface area (Å²) in [7, 11) is 1.64. The molecule has 2 rings (SSSR count). The van der Waals surface area contributed by atoms with E-state index in [0.29, 0.717) is 5.69 Å². The number of nitrogens with zero attached hydrogens (tertiary/aromatic N) is 3. The molecular formula is C10H10ClN3O2S. The Labute approximate surface area is 103 Å². The first-order chi connectivity index (χ1) is 8.04. The normalized spacial score (nSPS) is 11.6. The van der Waals surface area contributed by atoms with Crippen molar-refractivity contribution >= 4 is 19.7 Å². The van der Waals surface area contributed by atoms with Gasteiger partial charge in [-0.1, -0.05) is 23.4 Å². The van der Waals surface area contributed by atoms with Crippen molar-refractivity contribution in [3.05, 3.63) is 42.2 Å². The van der Waals surface area contributed by atoms with E-state index in [1.807, 2.05) is 30.3 Å². The Morgan fingerprint density at radius 2 is 1.94 bits per heavy atom. The van der Waals surface area contributed by atoms with Gasteiger partial charge in [-0.15, -0.1) is 5.10 Å². The van der Waals surface area contributed by atoms with Gasteiger partial charge in [0.15, 0.2) is 0 Å². The zero-order chi connectivity index (χ0) is 12.3. The van der Waals surface area contributed by atoms with Gasteiger partial charge in [-0.2, -0.15) is 0 Å². The van der Waals surface area contributed by atoms with Crippen LogP contribution in [0.1, 0.15) is 5.69 Å². The van der Waals surface area contributed by atoms with Crippen LogP contribution in [0.25, 0.3) is 5.69 Å². The monoisotopic (exact) mass is 271 g/mol. The van der Waals surface area contributed by atoms with Crippen molar-refractivity contribution in [2.24, 2.45) is 0 Å². The molecule has 0 unspecified atom stereocenters. The van der Waals surface area contributed by atoms with Crippen LogP contribution >= 0.6 is 10.7 Å². The minimum Gasteiger partial charge on any atom is -0.220 e. The summed E-state index contributed by atoms with van der Waals surface area (Å²) in [6, 6.07) is 9.45. The van der Waals surface area contributed by atoms with Gasteiger partial charge >= 0.3 is 0 Å². The molecule has 0 amide bonds. The van der Waals surface area contributed by atoms with Crippen molar-refractivity contribution in [3.63, 3.8) is 0 Å². The molecule has 0 fully saturated rings. The van der Waals surface area contributed by atoms with Crippen LogP contribution in [-0.2, 0) is 15.5 Å². The number of aromatic nitrogens is 3. The minimum absolute atomic E-state index is 0.137. The summed E-state index contributed by atoms with van der Waals surface area (Å²) in [6.07, 6.45) is 1.95. The van der Waals surface area contributed by atoms with Crippen molar-refractivity contribution < 1.29 is 8.42 Å². The zero-order valence-corrected chi connectivity index (χ0v) is 10.4. The molecule has 0 N–H and O–H groups in total. The molecule has 0 atom stereocenters. The molecule has 0 saturated heterocycles. The Kier molecular flexibility index (Phi) is 3.44. The highest BCUT2D eigenvalue weighted by Gasteiger charge is 2.08. The van der Waals surface area contributed by atoms with E-state index in [-0.39, 0.29) is 12.2 Å². The lowest BCUT2D eigenvalue weighted by atomic mass is 10.3. The largest absolute Gasteiger partial charge is 0.232 e. The fourth-order valence-corrected chi connectivity index (χ4v) is 2.03. The quantitative estimate of drug-likeness (QED) is 0.788. The van der Waals surface area contributed by atoms with E-state index >= 15 is 0 Å². The maximum Gasteiger partial charge on any atom is 0.232 e. The van der Waals surface area contributed by atoms with Crippen LogP contribution in [-0.4, -0.2) is 29.2 Å². The molecule has 0 bridgehead atoms. The number of aryl methyl sites for hydroxylation is 1. The van der Waals surface area contributed by atoms with Gasteiger partial charge in [0, 0.05) is 17.1 Å². The Bertz CT molecular complexity index is 595. The van der Waals surface area contributed by atoms with Crippen molar-refractivity contribution in [2.75, 3.05) is 5.75 Å². The third-order valence-corrected chi connectivity index (χ3v) is 3.32. The maximum absolute atomic E-state index is 10.8. The zero-order valence-electron chi connectivity index (χ0n) is 8.82. The van der Waals surface area contributed by atoms with E-state index in [2.05, 4.69) is 10.3 Å². The number of halogens is 1. The molecule has 1 heterocycles. The molecule has 0 aliphatic heterocycles. The summed E-state index contributed by atoms with van der Waals surface area (Å²) in [5.41, 5.74) is 1.47. The van der Waals surface area contributed by atoms with Crippen LogP contribution in [0.5, 0.6) is 0 Å². The third-order valence-electron chi connectivity index (χ3n) is 2.16. The van der Waals surface area contributed by atoms with Gasteiger partial charge in [0.1, 0.15) is 0 Å². The van der Waals surface area contributed by atoms with E-state index in [9.17, 15) is 8.42 Å². The van der Waals surface area contributed by atoms with Gasteiger partial charge < -0.3 is 0 Å². The van der Waals surface area contributed by atoms with Crippen LogP contribution in [0.4, 0.5) is 0 Å². The van der Waals surface area contributed by atoms with E-state index in [1.54, 1.807) is 10.9 Å². The molecule has 2 aromatic rings. The number of rotatable bonds is 4. The average molecular weight is 272 g/mol. The van der Waals surface area contributed by atoms with Gasteiger partial charge in [0.25, 0.3) is 0 Å². The van der Waals surface area contributed by atoms with Crippen molar-refractivity contribution in [1.82, 2.24) is 15.0 Å². The third kappa shape index (κ3) is 3.54. The van der Waals surface area contributed by atoms with Gasteiger partial charge in [0.2, 0.25) is 9.05 Å². The first kappa shape index (κ1) is 12.1. The lowest BCUT2D eigenvalue weighted by molar-refractivity contribution is 0.608. The highest BCUT2D eigenvalue weighted by molar-refractivity contribution is 8.13. The highest BCUT2D eigenvalue weighted by atomic mass is 35.7.